The number of halogens is 1. The number of anilines is 1. The van der Waals surface area contributed by atoms with Crippen molar-refractivity contribution in [1.29, 1.82) is 0 Å². The topological polar surface area (TPSA) is 44.4 Å². The molecule has 3 rings (SSSR count). The zero-order valence-electron chi connectivity index (χ0n) is 17.4. The Balaban J connectivity index is 0.00000280. The minimum Gasteiger partial charge on any atom is -0.321 e. The van der Waals surface area contributed by atoms with E-state index in [9.17, 15) is 4.79 Å². The molecule has 4 nitrogen and oxygen atoms in total. The largest absolute Gasteiger partial charge is 0.321 e. The van der Waals surface area contributed by atoms with E-state index in [-0.39, 0.29) is 18.4 Å². The molecule has 0 spiro atoms. The number of urea groups is 1. The number of carbonyl (C=O) groups excluding carboxylic acids is 1. The Labute approximate surface area is 177 Å². The predicted octanol–water partition coefficient (Wildman–Crippen LogP) is 5.76. The molecule has 2 aliphatic heterocycles. The maximum Gasteiger partial charge on any atom is 0.321 e. The summed E-state index contributed by atoms with van der Waals surface area (Å²) in [4.78, 5) is 14.5. The molecule has 28 heavy (non-hydrogen) atoms. The number of aryl methyl sites for hydroxylation is 1. The molecule has 0 radical (unpaired) electrons. The van der Waals surface area contributed by atoms with E-state index < -0.39 is 0 Å². The SMILES string of the molecule is CCCCCCCCCCc1ccc(NC(=O)N2CC3CCC(C2)N3)cc1.Cl. The fourth-order valence-corrected chi connectivity index (χ4v) is 4.38. The fraction of sp³-hybridized carbons (Fsp3) is 0.696. The molecular weight excluding hydrogens is 370 g/mol. The Bertz CT molecular complexity index is 566. The minimum atomic E-state index is 0. The molecule has 5 heteroatoms. The van der Waals surface area contributed by atoms with Gasteiger partial charge < -0.3 is 15.5 Å². The highest BCUT2D eigenvalue weighted by Crippen LogP contribution is 2.21. The molecule has 158 valence electrons. The first-order chi connectivity index (χ1) is 13.2. The lowest BCUT2D eigenvalue weighted by Gasteiger charge is -2.32. The van der Waals surface area contributed by atoms with Crippen LogP contribution < -0.4 is 10.6 Å². The van der Waals surface area contributed by atoms with Crippen LogP contribution in [0.1, 0.15) is 76.7 Å². The van der Waals surface area contributed by atoms with Crippen molar-refractivity contribution in [2.24, 2.45) is 0 Å². The van der Waals surface area contributed by atoms with E-state index in [1.807, 2.05) is 4.90 Å². The number of benzene rings is 1. The average Bonchev–Trinajstić information content (AvgIpc) is 3.02. The van der Waals surface area contributed by atoms with Gasteiger partial charge in [0, 0.05) is 30.9 Å². The number of nitrogens with zero attached hydrogens (tertiary/aromatic N) is 1. The molecule has 0 aliphatic carbocycles. The van der Waals surface area contributed by atoms with Gasteiger partial charge >= 0.3 is 6.03 Å². The number of carbonyl (C=O) groups is 1. The average molecular weight is 408 g/mol. The monoisotopic (exact) mass is 407 g/mol. The Hall–Kier alpha value is -1.26. The lowest BCUT2D eigenvalue weighted by Crippen LogP contribution is -2.54. The molecule has 2 bridgehead atoms. The van der Waals surface area contributed by atoms with Crippen LogP contribution in [0.4, 0.5) is 10.5 Å². The second kappa shape index (κ2) is 12.3. The first-order valence-corrected chi connectivity index (χ1v) is 11.2. The molecule has 2 atom stereocenters. The number of amides is 2. The van der Waals surface area contributed by atoms with E-state index >= 15 is 0 Å². The van der Waals surface area contributed by atoms with Crippen molar-refractivity contribution in [3.8, 4) is 0 Å². The summed E-state index contributed by atoms with van der Waals surface area (Å²) in [6.07, 6.45) is 14.4. The predicted molar refractivity (Wildman–Crippen MR) is 121 cm³/mol. The van der Waals surface area contributed by atoms with Crippen LogP contribution in [-0.4, -0.2) is 36.1 Å². The number of hydrogen-bond donors (Lipinski definition) is 2. The molecule has 2 fully saturated rings. The summed E-state index contributed by atoms with van der Waals surface area (Å²) in [7, 11) is 0. The number of likely N-dealkylation sites (tertiary alicyclic amines) is 1. The van der Waals surface area contributed by atoms with Gasteiger partial charge in [-0.1, -0.05) is 64.0 Å². The van der Waals surface area contributed by atoms with Gasteiger partial charge in [-0.15, -0.1) is 12.4 Å². The Kier molecular flexibility index (Phi) is 10.1. The van der Waals surface area contributed by atoms with E-state index in [1.165, 1.54) is 69.8 Å². The summed E-state index contributed by atoms with van der Waals surface area (Å²) in [6.45, 7) is 3.93. The van der Waals surface area contributed by atoms with Crippen molar-refractivity contribution in [3.63, 3.8) is 0 Å². The van der Waals surface area contributed by atoms with Crippen molar-refractivity contribution in [2.75, 3.05) is 18.4 Å². The first kappa shape index (κ1) is 23.0. The summed E-state index contributed by atoms with van der Waals surface area (Å²) >= 11 is 0. The molecule has 2 amide bonds. The summed E-state index contributed by atoms with van der Waals surface area (Å²) in [5.41, 5.74) is 2.28. The maximum atomic E-state index is 12.5. The van der Waals surface area contributed by atoms with Crippen molar-refractivity contribution in [2.45, 2.75) is 89.6 Å². The summed E-state index contributed by atoms with van der Waals surface area (Å²) in [6, 6.07) is 9.46. The molecule has 2 unspecified atom stereocenters. The van der Waals surface area contributed by atoms with E-state index in [0.29, 0.717) is 12.1 Å². The third-order valence-electron chi connectivity index (χ3n) is 6.03. The number of hydrogen-bond acceptors (Lipinski definition) is 2. The third kappa shape index (κ3) is 7.29. The van der Waals surface area contributed by atoms with Crippen molar-refractivity contribution >= 4 is 24.1 Å². The molecular formula is C23H38ClN3O. The van der Waals surface area contributed by atoms with Gasteiger partial charge in [-0.2, -0.15) is 0 Å². The Morgan fingerprint density at radius 1 is 0.964 bits per heavy atom. The second-order valence-electron chi connectivity index (χ2n) is 8.39. The van der Waals surface area contributed by atoms with Gasteiger partial charge in [0.05, 0.1) is 0 Å². The highest BCUT2D eigenvalue weighted by Gasteiger charge is 2.34. The van der Waals surface area contributed by atoms with Crippen molar-refractivity contribution < 1.29 is 4.79 Å². The van der Waals surface area contributed by atoms with Gasteiger partial charge in [-0.25, -0.2) is 4.79 Å². The molecule has 2 saturated heterocycles. The zero-order chi connectivity index (χ0) is 18.9. The normalized spacial score (nSPS) is 20.7. The van der Waals surface area contributed by atoms with Crippen LogP contribution in [-0.2, 0) is 6.42 Å². The molecule has 1 aromatic rings. The van der Waals surface area contributed by atoms with E-state index in [4.69, 9.17) is 0 Å². The highest BCUT2D eigenvalue weighted by atomic mass is 35.5. The van der Waals surface area contributed by atoms with Crippen LogP contribution in [0, 0.1) is 0 Å². The second-order valence-corrected chi connectivity index (χ2v) is 8.39. The van der Waals surface area contributed by atoms with Gasteiger partial charge in [-0.3, -0.25) is 0 Å². The number of piperazine rings is 1. The Morgan fingerprint density at radius 3 is 2.14 bits per heavy atom. The van der Waals surface area contributed by atoms with Gasteiger partial charge in [0.1, 0.15) is 0 Å². The molecule has 1 aromatic carbocycles. The molecule has 0 saturated carbocycles. The number of nitrogens with one attached hydrogen (secondary N) is 2. The smallest absolute Gasteiger partial charge is 0.321 e. The van der Waals surface area contributed by atoms with E-state index in [0.717, 1.165) is 25.2 Å². The van der Waals surface area contributed by atoms with Gasteiger partial charge in [0.2, 0.25) is 0 Å². The van der Waals surface area contributed by atoms with Crippen molar-refractivity contribution in [1.82, 2.24) is 10.2 Å². The van der Waals surface area contributed by atoms with Crippen LogP contribution >= 0.6 is 12.4 Å². The number of unbranched alkanes of at least 4 members (excludes halogenated alkanes) is 7. The third-order valence-corrected chi connectivity index (χ3v) is 6.03. The number of rotatable bonds is 10. The minimum absolute atomic E-state index is 0. The maximum absolute atomic E-state index is 12.5. The van der Waals surface area contributed by atoms with Crippen molar-refractivity contribution in [3.05, 3.63) is 29.8 Å². The van der Waals surface area contributed by atoms with Gasteiger partial charge in [-0.05, 0) is 43.4 Å². The molecule has 2 aliphatic rings. The molecule has 2 N–H and O–H groups in total. The van der Waals surface area contributed by atoms with Gasteiger partial charge in [0.25, 0.3) is 0 Å². The lowest BCUT2D eigenvalue weighted by molar-refractivity contribution is 0.188. The van der Waals surface area contributed by atoms with Gasteiger partial charge in [0.15, 0.2) is 0 Å². The number of fused-ring (bicyclic) bond motifs is 2. The summed E-state index contributed by atoms with van der Waals surface area (Å²) < 4.78 is 0. The van der Waals surface area contributed by atoms with Crippen LogP contribution in [0.2, 0.25) is 0 Å². The van der Waals surface area contributed by atoms with Crippen LogP contribution in [0.5, 0.6) is 0 Å². The molecule has 2 heterocycles. The van der Waals surface area contributed by atoms with Crippen LogP contribution in [0.25, 0.3) is 0 Å². The van der Waals surface area contributed by atoms with Crippen LogP contribution in [0.15, 0.2) is 24.3 Å². The molecule has 0 aromatic heterocycles. The standard InChI is InChI=1S/C23H37N3O.ClH/c1-2-3-4-5-6-7-8-9-10-19-11-13-20(14-12-19)25-23(27)26-17-21-15-16-22(18-26)24-21;/h11-14,21-22,24H,2-10,15-18H2,1H3,(H,25,27);1H. The fourth-order valence-electron chi connectivity index (χ4n) is 4.38. The first-order valence-electron chi connectivity index (χ1n) is 11.2. The van der Waals surface area contributed by atoms with E-state index in [2.05, 4.69) is 41.8 Å². The van der Waals surface area contributed by atoms with Crippen LogP contribution in [0.3, 0.4) is 0 Å². The van der Waals surface area contributed by atoms with E-state index in [1.54, 1.807) is 0 Å². The highest BCUT2D eigenvalue weighted by molar-refractivity contribution is 5.89. The Morgan fingerprint density at radius 2 is 1.54 bits per heavy atom. The quantitative estimate of drug-likeness (QED) is 0.484. The summed E-state index contributed by atoms with van der Waals surface area (Å²) in [5, 5.41) is 6.63. The lowest BCUT2D eigenvalue weighted by atomic mass is 10.0. The summed E-state index contributed by atoms with van der Waals surface area (Å²) in [5.74, 6) is 0. The zero-order valence-corrected chi connectivity index (χ0v) is 18.2.